The van der Waals surface area contributed by atoms with E-state index in [1.165, 1.54) is 0 Å². The standard InChI is InChI=1S/C12H18N2O.2C2H6/c1-9-2-4-10(5-3-9)11(15)14-12(8-13)6-7-12;2*1-2/h9-10H,2-7H2,1H3,(H,14,15);2*1-2H3. The molecule has 0 atom stereocenters. The quantitative estimate of drug-likeness (QED) is 0.820. The molecule has 0 bridgehead atoms. The molecule has 0 aromatic carbocycles. The van der Waals surface area contributed by atoms with Crippen molar-refractivity contribution in [2.75, 3.05) is 0 Å². The minimum atomic E-state index is -0.486. The Morgan fingerprint density at radius 1 is 1.11 bits per heavy atom. The summed E-state index contributed by atoms with van der Waals surface area (Å²) in [6, 6.07) is 2.20. The van der Waals surface area contributed by atoms with Gasteiger partial charge in [0.25, 0.3) is 0 Å². The topological polar surface area (TPSA) is 52.9 Å². The maximum absolute atomic E-state index is 11.9. The third-order valence-corrected chi connectivity index (χ3v) is 3.71. The SMILES string of the molecule is CC.CC.CC1CCC(C(=O)NC2(C#N)CC2)CC1. The number of nitriles is 1. The molecule has 1 amide bonds. The second-order valence-electron chi connectivity index (χ2n) is 5.14. The van der Waals surface area contributed by atoms with E-state index in [0.717, 1.165) is 44.4 Å². The fourth-order valence-corrected chi connectivity index (χ4v) is 2.25. The van der Waals surface area contributed by atoms with Crippen molar-refractivity contribution < 1.29 is 4.79 Å². The maximum atomic E-state index is 11.9. The van der Waals surface area contributed by atoms with Crippen molar-refractivity contribution in [2.24, 2.45) is 11.8 Å². The zero-order chi connectivity index (χ0) is 14.9. The predicted molar refractivity (Wildman–Crippen MR) is 79.5 cm³/mol. The van der Waals surface area contributed by atoms with Gasteiger partial charge in [-0.2, -0.15) is 5.26 Å². The Bertz CT molecular complexity index is 294. The van der Waals surface area contributed by atoms with Gasteiger partial charge >= 0.3 is 0 Å². The van der Waals surface area contributed by atoms with Gasteiger partial charge in [-0.3, -0.25) is 4.79 Å². The predicted octanol–water partition coefficient (Wildman–Crippen LogP) is 4.04. The second-order valence-corrected chi connectivity index (χ2v) is 5.14. The molecule has 0 spiro atoms. The van der Waals surface area contributed by atoms with Crippen LogP contribution in [0.5, 0.6) is 0 Å². The number of hydrogen-bond acceptors (Lipinski definition) is 2. The van der Waals surface area contributed by atoms with E-state index in [0.29, 0.717) is 0 Å². The molecule has 0 aromatic rings. The molecule has 2 rings (SSSR count). The van der Waals surface area contributed by atoms with Crippen LogP contribution in [-0.4, -0.2) is 11.4 Å². The first-order valence-electron chi connectivity index (χ1n) is 7.88. The van der Waals surface area contributed by atoms with Crippen LogP contribution in [0.1, 0.15) is 73.1 Å². The van der Waals surface area contributed by atoms with Crippen molar-refractivity contribution in [1.82, 2.24) is 5.32 Å². The monoisotopic (exact) mass is 266 g/mol. The Morgan fingerprint density at radius 2 is 1.58 bits per heavy atom. The van der Waals surface area contributed by atoms with Crippen LogP contribution in [-0.2, 0) is 4.79 Å². The highest BCUT2D eigenvalue weighted by atomic mass is 16.2. The van der Waals surface area contributed by atoms with Crippen LogP contribution in [0.4, 0.5) is 0 Å². The van der Waals surface area contributed by atoms with Gasteiger partial charge in [-0.25, -0.2) is 0 Å². The van der Waals surface area contributed by atoms with Crippen molar-refractivity contribution in [3.05, 3.63) is 0 Å². The summed E-state index contributed by atoms with van der Waals surface area (Å²) in [4.78, 5) is 11.9. The molecule has 0 radical (unpaired) electrons. The van der Waals surface area contributed by atoms with Crippen LogP contribution in [0, 0.1) is 23.2 Å². The van der Waals surface area contributed by atoms with Gasteiger partial charge in [0.05, 0.1) is 6.07 Å². The third-order valence-electron chi connectivity index (χ3n) is 3.71. The highest BCUT2D eigenvalue weighted by Crippen LogP contribution is 2.36. The maximum Gasteiger partial charge on any atom is 0.224 e. The van der Waals surface area contributed by atoms with E-state index >= 15 is 0 Å². The number of nitrogens with zero attached hydrogens (tertiary/aromatic N) is 1. The van der Waals surface area contributed by atoms with Gasteiger partial charge in [-0.1, -0.05) is 34.6 Å². The van der Waals surface area contributed by atoms with Crippen LogP contribution >= 0.6 is 0 Å². The number of nitrogens with one attached hydrogen (secondary N) is 1. The van der Waals surface area contributed by atoms with Gasteiger partial charge in [0.2, 0.25) is 5.91 Å². The normalized spacial score (nSPS) is 26.5. The smallest absolute Gasteiger partial charge is 0.224 e. The Hall–Kier alpha value is -1.04. The zero-order valence-corrected chi connectivity index (χ0v) is 13.3. The summed E-state index contributed by atoms with van der Waals surface area (Å²) in [6.07, 6.45) is 5.95. The highest BCUT2D eigenvalue weighted by molar-refractivity contribution is 5.80. The molecule has 2 aliphatic carbocycles. The molecule has 19 heavy (non-hydrogen) atoms. The van der Waals surface area contributed by atoms with E-state index in [-0.39, 0.29) is 11.8 Å². The molecule has 0 heterocycles. The lowest BCUT2D eigenvalue weighted by atomic mass is 9.82. The summed E-state index contributed by atoms with van der Waals surface area (Å²) in [5.41, 5.74) is -0.486. The molecule has 0 unspecified atom stereocenters. The molecule has 0 saturated heterocycles. The van der Waals surface area contributed by atoms with Crippen LogP contribution in [0.2, 0.25) is 0 Å². The molecule has 3 heteroatoms. The van der Waals surface area contributed by atoms with Gasteiger partial charge in [0.1, 0.15) is 5.54 Å². The Balaban J connectivity index is 0.000000741. The van der Waals surface area contributed by atoms with E-state index < -0.39 is 5.54 Å². The fraction of sp³-hybridized carbons (Fsp3) is 0.875. The number of carbonyl (C=O) groups excluding carboxylic acids is 1. The molecule has 2 aliphatic rings. The largest absolute Gasteiger partial charge is 0.338 e. The minimum Gasteiger partial charge on any atom is -0.338 e. The molecule has 3 nitrogen and oxygen atoms in total. The number of amides is 1. The molecular weight excluding hydrogens is 236 g/mol. The van der Waals surface area contributed by atoms with E-state index in [1.807, 2.05) is 27.7 Å². The zero-order valence-electron chi connectivity index (χ0n) is 13.3. The van der Waals surface area contributed by atoms with Crippen LogP contribution in [0.3, 0.4) is 0 Å². The Kier molecular flexibility index (Phi) is 8.47. The van der Waals surface area contributed by atoms with Gasteiger partial charge in [-0.15, -0.1) is 0 Å². The second kappa shape index (κ2) is 8.96. The summed E-state index contributed by atoms with van der Waals surface area (Å²) >= 11 is 0. The van der Waals surface area contributed by atoms with E-state index in [4.69, 9.17) is 5.26 Å². The first kappa shape index (κ1) is 18.0. The summed E-state index contributed by atoms with van der Waals surface area (Å²) in [5.74, 6) is 1.04. The van der Waals surface area contributed by atoms with E-state index in [2.05, 4.69) is 18.3 Å². The van der Waals surface area contributed by atoms with Crippen LogP contribution in [0.25, 0.3) is 0 Å². The van der Waals surface area contributed by atoms with Gasteiger partial charge < -0.3 is 5.32 Å². The summed E-state index contributed by atoms with van der Waals surface area (Å²) in [7, 11) is 0. The third kappa shape index (κ3) is 5.63. The lowest BCUT2D eigenvalue weighted by molar-refractivity contribution is -0.126. The first-order valence-corrected chi connectivity index (χ1v) is 7.88. The van der Waals surface area contributed by atoms with Gasteiger partial charge in [0, 0.05) is 5.92 Å². The number of hydrogen-bond donors (Lipinski definition) is 1. The summed E-state index contributed by atoms with van der Waals surface area (Å²) < 4.78 is 0. The van der Waals surface area contributed by atoms with Crippen molar-refractivity contribution >= 4 is 5.91 Å². The summed E-state index contributed by atoms with van der Waals surface area (Å²) in [5, 5.41) is 11.8. The van der Waals surface area contributed by atoms with Gasteiger partial charge in [0.15, 0.2) is 0 Å². The number of carbonyl (C=O) groups is 1. The Labute approximate surface area is 118 Å². The Morgan fingerprint density at radius 3 is 1.95 bits per heavy atom. The van der Waals surface area contributed by atoms with E-state index in [1.54, 1.807) is 0 Å². The van der Waals surface area contributed by atoms with Crippen molar-refractivity contribution in [2.45, 2.75) is 78.7 Å². The number of rotatable bonds is 2. The first-order chi connectivity index (χ1) is 9.15. The van der Waals surface area contributed by atoms with Crippen LogP contribution < -0.4 is 5.32 Å². The average molecular weight is 266 g/mol. The van der Waals surface area contributed by atoms with E-state index in [9.17, 15) is 4.79 Å². The van der Waals surface area contributed by atoms with Crippen LogP contribution in [0.15, 0.2) is 0 Å². The molecule has 0 aromatic heterocycles. The minimum absolute atomic E-state index is 0.112. The van der Waals surface area contributed by atoms with Crippen molar-refractivity contribution in [1.29, 1.82) is 5.26 Å². The van der Waals surface area contributed by atoms with Gasteiger partial charge in [-0.05, 0) is 44.4 Å². The lowest BCUT2D eigenvalue weighted by Crippen LogP contribution is -2.40. The molecule has 110 valence electrons. The summed E-state index contributed by atoms with van der Waals surface area (Å²) in [6.45, 7) is 10.2. The molecule has 1 N–H and O–H groups in total. The highest BCUT2D eigenvalue weighted by Gasteiger charge is 2.45. The average Bonchev–Trinajstić information content (AvgIpc) is 3.24. The molecule has 2 fully saturated rings. The lowest BCUT2D eigenvalue weighted by Gasteiger charge is -2.26. The van der Waals surface area contributed by atoms with Crippen molar-refractivity contribution in [3.63, 3.8) is 0 Å². The molecule has 2 saturated carbocycles. The van der Waals surface area contributed by atoms with Crippen molar-refractivity contribution in [3.8, 4) is 6.07 Å². The molecule has 0 aliphatic heterocycles. The fourth-order valence-electron chi connectivity index (χ4n) is 2.25. The molecular formula is C16H30N2O.